The van der Waals surface area contributed by atoms with Crippen molar-refractivity contribution in [2.75, 3.05) is 13.7 Å². The van der Waals surface area contributed by atoms with Gasteiger partial charge in [-0.1, -0.05) is 81.4 Å². The Morgan fingerprint density at radius 3 is 1.82 bits per heavy atom. The Hall–Kier alpha value is -1.58. The van der Waals surface area contributed by atoms with E-state index in [1.165, 1.54) is 0 Å². The van der Waals surface area contributed by atoms with Crippen LogP contribution in [-0.4, -0.2) is 57.8 Å². The zero-order chi connectivity index (χ0) is 24.8. The number of ether oxygens (including phenoxy) is 4. The minimum absolute atomic E-state index is 0.0534. The van der Waals surface area contributed by atoms with E-state index in [2.05, 4.69) is 33.9 Å². The van der Waals surface area contributed by atoms with Gasteiger partial charge in [-0.05, 0) is 29.3 Å². The van der Waals surface area contributed by atoms with Crippen molar-refractivity contribution in [2.24, 2.45) is 0 Å². The molecule has 34 heavy (non-hydrogen) atoms. The maximum atomic E-state index is 11.3. The molecule has 0 bridgehead atoms. The average molecular weight is 489 g/mol. The third-order valence-electron chi connectivity index (χ3n) is 6.84. The first-order valence-electron chi connectivity index (χ1n) is 11.9. The van der Waals surface area contributed by atoms with E-state index in [-0.39, 0.29) is 11.6 Å². The van der Waals surface area contributed by atoms with E-state index in [1.807, 2.05) is 60.7 Å². The van der Waals surface area contributed by atoms with Gasteiger partial charge in [-0.25, -0.2) is 0 Å². The molecule has 0 saturated carbocycles. The van der Waals surface area contributed by atoms with Gasteiger partial charge in [0, 0.05) is 7.11 Å². The van der Waals surface area contributed by atoms with Gasteiger partial charge in [-0.15, -0.1) is 0 Å². The minimum Gasteiger partial charge on any atom is -0.414 e. The van der Waals surface area contributed by atoms with Crippen LogP contribution in [0.5, 0.6) is 0 Å². The highest BCUT2D eigenvalue weighted by Gasteiger charge is 2.48. The third kappa shape index (κ3) is 6.98. The summed E-state index contributed by atoms with van der Waals surface area (Å²) in [5, 5.41) is 11.4. The fourth-order valence-corrected chi connectivity index (χ4v) is 4.64. The van der Waals surface area contributed by atoms with Gasteiger partial charge in [0.25, 0.3) is 0 Å². The lowest BCUT2D eigenvalue weighted by molar-refractivity contribution is -0.313. The lowest BCUT2D eigenvalue weighted by atomic mass is 9.98. The SMILES string of the molecule is CO[C@H]1O[C@H](CO[Si](C)(C)C(C)(C)C)[C@@H](O)[C@H](OCc2ccccc2)[C@@H]1OCc1ccccc1. The first-order chi connectivity index (χ1) is 16.1. The number of aliphatic hydroxyl groups is 1. The summed E-state index contributed by atoms with van der Waals surface area (Å²) in [6.07, 6.45) is -3.46. The van der Waals surface area contributed by atoms with E-state index >= 15 is 0 Å². The first-order valence-corrected chi connectivity index (χ1v) is 14.8. The molecule has 0 aromatic heterocycles. The number of methoxy groups -OCH3 is 1. The lowest BCUT2D eigenvalue weighted by Crippen LogP contribution is -2.61. The molecule has 0 amide bonds. The number of aliphatic hydroxyl groups excluding tert-OH is 1. The number of rotatable bonds is 10. The summed E-state index contributed by atoms with van der Waals surface area (Å²) in [5.74, 6) is 0. The molecular weight excluding hydrogens is 448 g/mol. The molecule has 0 radical (unpaired) electrons. The van der Waals surface area contributed by atoms with Crippen LogP contribution >= 0.6 is 0 Å². The van der Waals surface area contributed by atoms with Gasteiger partial charge in [0.15, 0.2) is 14.6 Å². The fraction of sp³-hybridized carbons (Fsp3) is 0.556. The van der Waals surface area contributed by atoms with E-state index < -0.39 is 39.0 Å². The first kappa shape index (κ1) is 27.0. The third-order valence-corrected chi connectivity index (χ3v) is 11.3. The predicted molar refractivity (Wildman–Crippen MR) is 135 cm³/mol. The van der Waals surface area contributed by atoms with Crippen molar-refractivity contribution in [1.82, 2.24) is 0 Å². The van der Waals surface area contributed by atoms with Crippen molar-refractivity contribution >= 4 is 8.32 Å². The van der Waals surface area contributed by atoms with Crippen LogP contribution in [0.4, 0.5) is 0 Å². The zero-order valence-corrected chi connectivity index (χ0v) is 22.3. The molecule has 1 N–H and O–H groups in total. The van der Waals surface area contributed by atoms with Gasteiger partial charge in [0.1, 0.15) is 24.4 Å². The van der Waals surface area contributed by atoms with Crippen LogP contribution < -0.4 is 0 Å². The topological polar surface area (TPSA) is 66.4 Å². The molecule has 188 valence electrons. The molecule has 2 aromatic carbocycles. The molecular formula is C27H40O6Si. The molecule has 1 saturated heterocycles. The van der Waals surface area contributed by atoms with Gasteiger partial charge in [0.2, 0.25) is 0 Å². The summed E-state index contributed by atoms with van der Waals surface area (Å²) in [4.78, 5) is 0. The van der Waals surface area contributed by atoms with Crippen molar-refractivity contribution in [3.05, 3.63) is 71.8 Å². The highest BCUT2D eigenvalue weighted by atomic mass is 28.4. The predicted octanol–water partition coefficient (Wildman–Crippen LogP) is 4.91. The van der Waals surface area contributed by atoms with Crippen molar-refractivity contribution in [3.8, 4) is 0 Å². The van der Waals surface area contributed by atoms with Crippen LogP contribution in [0.2, 0.25) is 18.1 Å². The smallest absolute Gasteiger partial charge is 0.192 e. The second-order valence-corrected chi connectivity index (χ2v) is 15.2. The molecule has 0 aliphatic carbocycles. The number of hydrogen-bond donors (Lipinski definition) is 1. The quantitative estimate of drug-likeness (QED) is 0.479. The molecule has 1 heterocycles. The fourth-order valence-electron chi connectivity index (χ4n) is 3.63. The summed E-state index contributed by atoms with van der Waals surface area (Å²) >= 11 is 0. The average Bonchev–Trinajstić information content (AvgIpc) is 2.82. The van der Waals surface area contributed by atoms with Gasteiger partial charge in [-0.2, -0.15) is 0 Å². The second kappa shape index (κ2) is 11.9. The molecule has 2 aromatic rings. The number of benzene rings is 2. The summed E-state index contributed by atoms with van der Waals surface area (Å²) in [6.45, 7) is 11.9. The molecule has 0 spiro atoms. The molecule has 7 heteroatoms. The molecule has 3 rings (SSSR count). The Balaban J connectivity index is 1.76. The molecule has 5 atom stereocenters. The zero-order valence-electron chi connectivity index (χ0n) is 21.3. The number of hydrogen-bond acceptors (Lipinski definition) is 6. The van der Waals surface area contributed by atoms with E-state index in [4.69, 9.17) is 23.4 Å². The summed E-state index contributed by atoms with van der Waals surface area (Å²) in [7, 11) is -0.440. The highest BCUT2D eigenvalue weighted by Crippen LogP contribution is 2.37. The van der Waals surface area contributed by atoms with Crippen molar-refractivity contribution in [1.29, 1.82) is 0 Å². The largest absolute Gasteiger partial charge is 0.414 e. The van der Waals surface area contributed by atoms with Gasteiger partial charge >= 0.3 is 0 Å². The van der Waals surface area contributed by atoms with E-state index in [0.29, 0.717) is 13.2 Å². The van der Waals surface area contributed by atoms with E-state index in [0.717, 1.165) is 11.1 Å². The molecule has 1 fully saturated rings. The van der Waals surface area contributed by atoms with E-state index in [9.17, 15) is 5.11 Å². The van der Waals surface area contributed by atoms with Crippen molar-refractivity contribution in [3.63, 3.8) is 0 Å². The standard InChI is InChI=1S/C27H40O6Si/c1-27(2,3)34(5,6)32-19-22-23(28)24(30-17-20-13-9-7-10-14-20)25(26(29-4)33-22)31-18-21-15-11-8-12-16-21/h7-16,22-26,28H,17-19H2,1-6H3/t22-,23-,24+,25+,26+/m1/s1. The molecule has 6 nitrogen and oxygen atoms in total. The molecule has 0 unspecified atom stereocenters. The van der Waals surface area contributed by atoms with Crippen LogP contribution in [0, 0.1) is 0 Å². The lowest BCUT2D eigenvalue weighted by Gasteiger charge is -2.45. The second-order valence-electron chi connectivity index (χ2n) is 10.4. The van der Waals surface area contributed by atoms with Crippen molar-refractivity contribution in [2.45, 2.75) is 82.8 Å². The normalized spacial score (nSPS) is 25.9. The Morgan fingerprint density at radius 2 is 1.35 bits per heavy atom. The van der Waals surface area contributed by atoms with E-state index in [1.54, 1.807) is 7.11 Å². The Morgan fingerprint density at radius 1 is 0.853 bits per heavy atom. The minimum atomic E-state index is -2.02. The molecule has 1 aliphatic heterocycles. The van der Waals surface area contributed by atoms with Gasteiger partial charge < -0.3 is 28.5 Å². The maximum Gasteiger partial charge on any atom is 0.192 e. The maximum absolute atomic E-state index is 11.3. The van der Waals surface area contributed by atoms with Gasteiger partial charge in [-0.3, -0.25) is 0 Å². The van der Waals surface area contributed by atoms with Crippen LogP contribution in [0.1, 0.15) is 31.9 Å². The summed E-state index contributed by atoms with van der Waals surface area (Å²) in [6, 6.07) is 19.8. The Labute approximate surface area is 205 Å². The summed E-state index contributed by atoms with van der Waals surface area (Å²) in [5.41, 5.74) is 2.04. The molecule has 1 aliphatic rings. The van der Waals surface area contributed by atoms with Crippen molar-refractivity contribution < 1.29 is 28.5 Å². The van der Waals surface area contributed by atoms with Crippen LogP contribution in [0.15, 0.2) is 60.7 Å². The van der Waals surface area contributed by atoms with Crippen LogP contribution in [0.3, 0.4) is 0 Å². The Bertz CT molecular complexity index is 854. The van der Waals surface area contributed by atoms with Crippen LogP contribution in [-0.2, 0) is 36.6 Å². The summed E-state index contributed by atoms with van der Waals surface area (Å²) < 4.78 is 30.7. The van der Waals surface area contributed by atoms with Crippen LogP contribution in [0.25, 0.3) is 0 Å². The Kier molecular flexibility index (Phi) is 9.46. The van der Waals surface area contributed by atoms with Gasteiger partial charge in [0.05, 0.1) is 19.8 Å². The highest BCUT2D eigenvalue weighted by molar-refractivity contribution is 6.74. The monoisotopic (exact) mass is 488 g/mol.